The zero-order valence-electron chi connectivity index (χ0n) is 10.5. The molecular formula is C10H14ClN7O. The standard InChI is InChI=1S/C10H13N7O.ClH/c1-5(11)10-15-6(2)16-17(10)8-4-13-7(3-14-8)9(12)18;/h3-5H,11H2,1-2H3,(H2,12,18);1H/t5-;/m0./s1. The van der Waals surface area contributed by atoms with Gasteiger partial charge in [0.15, 0.2) is 11.6 Å². The van der Waals surface area contributed by atoms with E-state index in [2.05, 4.69) is 25.8 Å². The monoisotopic (exact) mass is 283 g/mol. The first kappa shape index (κ1) is 15.0. The fourth-order valence-corrected chi connectivity index (χ4v) is 1.48. The van der Waals surface area contributed by atoms with Crippen molar-refractivity contribution in [3.8, 4) is 5.82 Å². The highest BCUT2D eigenvalue weighted by Gasteiger charge is 2.16. The smallest absolute Gasteiger partial charge is 0.268 e. The summed E-state index contributed by atoms with van der Waals surface area (Å²) in [5.74, 6) is 1.18. The minimum atomic E-state index is -0.616. The number of nitrogens with zero attached hydrogens (tertiary/aromatic N) is 5. The molecule has 2 heterocycles. The van der Waals surface area contributed by atoms with E-state index in [-0.39, 0.29) is 24.1 Å². The first-order chi connectivity index (χ1) is 8.49. The molecule has 0 aromatic carbocycles. The number of aromatic nitrogens is 5. The lowest BCUT2D eigenvalue weighted by Crippen LogP contribution is -3.00. The van der Waals surface area contributed by atoms with Crippen LogP contribution in [0.4, 0.5) is 0 Å². The fraction of sp³-hybridized carbons (Fsp3) is 0.300. The second kappa shape index (κ2) is 5.72. The molecule has 0 aliphatic rings. The summed E-state index contributed by atoms with van der Waals surface area (Å²) in [7, 11) is 0. The van der Waals surface area contributed by atoms with Gasteiger partial charge in [-0.25, -0.2) is 15.0 Å². The molecule has 2 aromatic rings. The van der Waals surface area contributed by atoms with Crippen LogP contribution < -0.4 is 23.9 Å². The van der Waals surface area contributed by atoms with Crippen LogP contribution in [0.25, 0.3) is 5.82 Å². The molecule has 1 amide bonds. The second-order valence-corrected chi connectivity index (χ2v) is 3.95. The molecule has 5 N–H and O–H groups in total. The molecule has 1 atom stereocenters. The largest absolute Gasteiger partial charge is 1.00 e. The van der Waals surface area contributed by atoms with Crippen LogP contribution in [-0.2, 0) is 0 Å². The number of hydrogen-bond donors (Lipinski definition) is 2. The highest BCUT2D eigenvalue weighted by atomic mass is 35.5. The van der Waals surface area contributed by atoms with E-state index in [0.29, 0.717) is 17.5 Å². The number of carbonyl (C=O) groups excluding carboxylic acids is 1. The van der Waals surface area contributed by atoms with E-state index in [1.807, 2.05) is 6.92 Å². The van der Waals surface area contributed by atoms with Gasteiger partial charge in [0, 0.05) is 0 Å². The lowest BCUT2D eigenvalue weighted by molar-refractivity contribution is -0.422. The van der Waals surface area contributed by atoms with Crippen LogP contribution >= 0.6 is 0 Å². The minimum Gasteiger partial charge on any atom is -1.00 e. The molecule has 0 radical (unpaired) electrons. The molecule has 19 heavy (non-hydrogen) atoms. The lowest BCUT2D eigenvalue weighted by Gasteiger charge is -2.05. The molecule has 102 valence electrons. The van der Waals surface area contributed by atoms with Gasteiger partial charge in [0.1, 0.15) is 17.6 Å². The Bertz CT molecular complexity index is 578. The molecule has 0 bridgehead atoms. The number of amides is 1. The van der Waals surface area contributed by atoms with E-state index in [9.17, 15) is 4.79 Å². The maximum absolute atomic E-state index is 10.9. The maximum Gasteiger partial charge on any atom is 0.268 e. The average molecular weight is 284 g/mol. The molecule has 8 nitrogen and oxygen atoms in total. The summed E-state index contributed by atoms with van der Waals surface area (Å²) in [6.45, 7) is 3.69. The third-order valence-electron chi connectivity index (χ3n) is 2.29. The molecule has 2 rings (SSSR count). The number of nitrogens with two attached hydrogens (primary N) is 1. The van der Waals surface area contributed by atoms with Gasteiger partial charge in [-0.05, 0) is 13.8 Å². The van der Waals surface area contributed by atoms with E-state index in [1.54, 1.807) is 11.6 Å². The molecular weight excluding hydrogens is 270 g/mol. The van der Waals surface area contributed by atoms with Gasteiger partial charge >= 0.3 is 0 Å². The lowest BCUT2D eigenvalue weighted by atomic mass is 10.3. The third-order valence-corrected chi connectivity index (χ3v) is 2.29. The summed E-state index contributed by atoms with van der Waals surface area (Å²) < 4.78 is 1.56. The van der Waals surface area contributed by atoms with Crippen LogP contribution in [-0.4, -0.2) is 30.6 Å². The van der Waals surface area contributed by atoms with Crippen molar-refractivity contribution in [2.75, 3.05) is 0 Å². The predicted octanol–water partition coefficient (Wildman–Crippen LogP) is -4.23. The Morgan fingerprint density at radius 1 is 1.42 bits per heavy atom. The van der Waals surface area contributed by atoms with Crippen LogP contribution in [0.3, 0.4) is 0 Å². The number of aryl methyl sites for hydroxylation is 1. The highest BCUT2D eigenvalue weighted by Crippen LogP contribution is 2.10. The molecule has 0 saturated carbocycles. The van der Waals surface area contributed by atoms with Crippen molar-refractivity contribution in [3.63, 3.8) is 0 Å². The van der Waals surface area contributed by atoms with Gasteiger partial charge in [-0.1, -0.05) is 0 Å². The van der Waals surface area contributed by atoms with Crippen molar-refractivity contribution < 1.29 is 22.9 Å². The number of primary amides is 1. The van der Waals surface area contributed by atoms with Gasteiger partial charge in [0.2, 0.25) is 0 Å². The summed E-state index contributed by atoms with van der Waals surface area (Å²) in [6, 6.07) is -0.0381. The van der Waals surface area contributed by atoms with Crippen molar-refractivity contribution in [2.24, 2.45) is 5.73 Å². The van der Waals surface area contributed by atoms with Gasteiger partial charge in [0.05, 0.1) is 12.4 Å². The van der Waals surface area contributed by atoms with Crippen LogP contribution in [0.1, 0.15) is 35.1 Å². The van der Waals surface area contributed by atoms with Crippen molar-refractivity contribution >= 4 is 5.91 Å². The van der Waals surface area contributed by atoms with Gasteiger partial charge in [-0.3, -0.25) is 4.79 Å². The summed E-state index contributed by atoms with van der Waals surface area (Å²) in [5.41, 5.74) is 9.12. The van der Waals surface area contributed by atoms with E-state index in [1.165, 1.54) is 12.4 Å². The Labute approximate surface area is 115 Å². The molecule has 9 heteroatoms. The number of rotatable bonds is 3. The topological polar surface area (TPSA) is 127 Å². The fourth-order valence-electron chi connectivity index (χ4n) is 1.48. The first-order valence-electron chi connectivity index (χ1n) is 5.38. The van der Waals surface area contributed by atoms with Crippen molar-refractivity contribution in [1.82, 2.24) is 24.7 Å². The number of halogens is 1. The summed E-state index contributed by atoms with van der Waals surface area (Å²) in [5, 5.41) is 4.22. The molecule has 2 aromatic heterocycles. The molecule has 0 unspecified atom stereocenters. The van der Waals surface area contributed by atoms with Gasteiger partial charge in [-0.15, -0.1) is 5.10 Å². The van der Waals surface area contributed by atoms with Crippen molar-refractivity contribution in [3.05, 3.63) is 29.7 Å². The van der Waals surface area contributed by atoms with Gasteiger partial charge < -0.3 is 23.9 Å². The molecule has 0 spiro atoms. The molecule has 0 aliphatic heterocycles. The predicted molar refractivity (Wildman–Crippen MR) is 61.5 cm³/mol. The third kappa shape index (κ3) is 3.04. The summed E-state index contributed by atoms with van der Waals surface area (Å²) in [6.07, 6.45) is 2.74. The van der Waals surface area contributed by atoms with Crippen molar-refractivity contribution in [1.29, 1.82) is 0 Å². The van der Waals surface area contributed by atoms with Crippen LogP contribution in [0.5, 0.6) is 0 Å². The zero-order chi connectivity index (χ0) is 13.3. The van der Waals surface area contributed by atoms with Crippen molar-refractivity contribution in [2.45, 2.75) is 19.9 Å². The Morgan fingerprint density at radius 2 is 2.11 bits per heavy atom. The Hall–Kier alpha value is -2.06. The number of hydrogen-bond acceptors (Lipinski definition) is 5. The zero-order valence-corrected chi connectivity index (χ0v) is 11.3. The second-order valence-electron chi connectivity index (χ2n) is 3.95. The minimum absolute atomic E-state index is 0. The Kier molecular flexibility index (Phi) is 4.52. The van der Waals surface area contributed by atoms with Crippen LogP contribution in [0, 0.1) is 6.92 Å². The molecule has 0 fully saturated rings. The van der Waals surface area contributed by atoms with Gasteiger partial charge in [0.25, 0.3) is 5.91 Å². The van der Waals surface area contributed by atoms with Gasteiger partial charge in [-0.2, -0.15) is 4.68 Å². The summed E-state index contributed by atoms with van der Waals surface area (Å²) >= 11 is 0. The van der Waals surface area contributed by atoms with E-state index >= 15 is 0 Å². The van der Waals surface area contributed by atoms with Crippen LogP contribution in [0.2, 0.25) is 0 Å². The number of carbonyl (C=O) groups is 1. The normalized spacial score (nSPS) is 11.7. The molecule has 0 aliphatic carbocycles. The number of quaternary nitrogens is 1. The average Bonchev–Trinajstić information content (AvgIpc) is 2.71. The first-order valence-corrected chi connectivity index (χ1v) is 5.38. The van der Waals surface area contributed by atoms with E-state index in [4.69, 9.17) is 5.73 Å². The SMILES string of the molecule is Cc1nc([C@H](C)[NH3+])n(-c2cnc(C(N)=O)cn2)n1.[Cl-]. The quantitative estimate of drug-likeness (QED) is 0.590. The maximum atomic E-state index is 10.9. The van der Waals surface area contributed by atoms with Crippen LogP contribution in [0.15, 0.2) is 12.4 Å². The van der Waals surface area contributed by atoms with E-state index in [0.717, 1.165) is 0 Å². The Balaban J connectivity index is 0.00000180. The molecule has 0 saturated heterocycles. The highest BCUT2D eigenvalue weighted by molar-refractivity contribution is 5.90. The Morgan fingerprint density at radius 3 is 2.58 bits per heavy atom. The summed E-state index contributed by atoms with van der Waals surface area (Å²) in [4.78, 5) is 23.2. The van der Waals surface area contributed by atoms with E-state index < -0.39 is 5.91 Å².